The molecule has 0 fully saturated rings. The zero-order valence-electron chi connectivity index (χ0n) is 24.1. The summed E-state index contributed by atoms with van der Waals surface area (Å²) >= 11 is 0. The zero-order valence-corrected chi connectivity index (χ0v) is 24.1. The molecular formula is C33H27F3N8. The lowest BCUT2D eigenvalue weighted by Crippen LogP contribution is -2.46. The molecule has 44 heavy (non-hydrogen) atoms. The van der Waals surface area contributed by atoms with Crippen molar-refractivity contribution in [1.29, 1.82) is 0 Å². The van der Waals surface area contributed by atoms with E-state index in [-0.39, 0.29) is 11.7 Å². The summed E-state index contributed by atoms with van der Waals surface area (Å²) in [6.07, 6.45) is -2.80. The van der Waals surface area contributed by atoms with Crippen LogP contribution in [0.3, 0.4) is 0 Å². The fourth-order valence-corrected chi connectivity index (χ4v) is 5.62. The van der Waals surface area contributed by atoms with E-state index in [2.05, 4.69) is 39.5 Å². The number of alkyl halides is 3. The normalized spacial score (nSPS) is 15.5. The van der Waals surface area contributed by atoms with E-state index in [0.29, 0.717) is 29.0 Å². The highest BCUT2D eigenvalue weighted by Crippen LogP contribution is 2.48. The van der Waals surface area contributed by atoms with Crippen molar-refractivity contribution < 1.29 is 13.2 Å². The molecule has 3 aromatic carbocycles. The lowest BCUT2D eigenvalue weighted by molar-refractivity contribution is -0.137. The molecule has 4 heterocycles. The summed E-state index contributed by atoms with van der Waals surface area (Å²) in [5, 5.41) is 8.02. The first-order valence-corrected chi connectivity index (χ1v) is 14.0. The first-order valence-electron chi connectivity index (χ1n) is 14.0. The number of nitrogens with zero attached hydrogens (tertiary/aromatic N) is 7. The number of hydrogen-bond donors (Lipinski definition) is 1. The number of benzene rings is 3. The van der Waals surface area contributed by atoms with Gasteiger partial charge in [-0.1, -0.05) is 36.4 Å². The van der Waals surface area contributed by atoms with Crippen molar-refractivity contribution in [3.8, 4) is 5.82 Å². The molecule has 0 amide bonds. The molecule has 0 bridgehead atoms. The van der Waals surface area contributed by atoms with E-state index in [1.54, 1.807) is 16.9 Å². The Morgan fingerprint density at radius 1 is 0.864 bits per heavy atom. The van der Waals surface area contributed by atoms with Crippen molar-refractivity contribution in [2.45, 2.75) is 19.1 Å². The second kappa shape index (κ2) is 10.4. The van der Waals surface area contributed by atoms with E-state index < -0.39 is 11.7 Å². The number of aliphatic imine (C=N–C) groups is 2. The average Bonchev–Trinajstić information content (AvgIpc) is 3.36. The van der Waals surface area contributed by atoms with Crippen molar-refractivity contribution >= 4 is 40.2 Å². The number of rotatable bonds is 4. The SMILES string of the molecule is Cc1nn(-c2ccccn2)c2c1[C@@H](c1ccc(N(C)C)cc1)N1C(=N2)C(Nc2cccc(C(F)(F)F)c2)=Nc2ccccc21. The van der Waals surface area contributed by atoms with Crippen LogP contribution in [-0.2, 0) is 6.18 Å². The van der Waals surface area contributed by atoms with Gasteiger partial charge in [-0.3, -0.25) is 0 Å². The maximum absolute atomic E-state index is 13.6. The van der Waals surface area contributed by atoms with E-state index in [1.807, 2.05) is 68.4 Å². The molecule has 2 aliphatic rings. The molecule has 5 aromatic rings. The molecule has 0 radical (unpaired) electrons. The minimum atomic E-state index is -4.49. The summed E-state index contributed by atoms with van der Waals surface area (Å²) in [6, 6.07) is 26.2. The first-order chi connectivity index (χ1) is 21.2. The Balaban J connectivity index is 1.46. The third-order valence-electron chi connectivity index (χ3n) is 7.68. The van der Waals surface area contributed by atoms with Crippen LogP contribution in [0.2, 0.25) is 0 Å². The highest BCUT2D eigenvalue weighted by atomic mass is 19.4. The van der Waals surface area contributed by atoms with E-state index in [4.69, 9.17) is 15.1 Å². The smallest absolute Gasteiger partial charge is 0.378 e. The van der Waals surface area contributed by atoms with Crippen LogP contribution in [0.25, 0.3) is 5.82 Å². The molecule has 1 N–H and O–H groups in total. The van der Waals surface area contributed by atoms with E-state index in [9.17, 15) is 13.2 Å². The first kappa shape index (κ1) is 27.4. The maximum atomic E-state index is 13.6. The van der Waals surface area contributed by atoms with Gasteiger partial charge in [-0.05, 0) is 67.1 Å². The molecule has 7 rings (SSSR count). The number of halogens is 3. The number of amidine groups is 2. The third-order valence-corrected chi connectivity index (χ3v) is 7.68. The topological polar surface area (TPSA) is 73.9 Å². The summed E-state index contributed by atoms with van der Waals surface area (Å²) in [5.74, 6) is 1.94. The summed E-state index contributed by atoms with van der Waals surface area (Å²) in [4.78, 5) is 18.6. The molecule has 0 saturated heterocycles. The van der Waals surface area contributed by atoms with Crippen LogP contribution >= 0.6 is 0 Å². The molecule has 2 aromatic heterocycles. The van der Waals surface area contributed by atoms with Gasteiger partial charge in [0.15, 0.2) is 23.3 Å². The minimum absolute atomic E-state index is 0.243. The van der Waals surface area contributed by atoms with Crippen LogP contribution in [0.15, 0.2) is 107 Å². The van der Waals surface area contributed by atoms with E-state index in [1.165, 1.54) is 6.07 Å². The summed E-state index contributed by atoms with van der Waals surface area (Å²) in [5.41, 5.74) is 4.68. The van der Waals surface area contributed by atoms with Gasteiger partial charge in [0.1, 0.15) is 0 Å². The van der Waals surface area contributed by atoms with Gasteiger partial charge in [0.05, 0.1) is 28.7 Å². The van der Waals surface area contributed by atoms with Crippen LogP contribution in [0.5, 0.6) is 0 Å². The van der Waals surface area contributed by atoms with Gasteiger partial charge >= 0.3 is 6.18 Å². The number of anilines is 3. The number of para-hydroxylation sites is 2. The van der Waals surface area contributed by atoms with Crippen molar-refractivity contribution in [3.05, 3.63) is 120 Å². The van der Waals surface area contributed by atoms with Gasteiger partial charge in [-0.15, -0.1) is 0 Å². The van der Waals surface area contributed by atoms with Crippen LogP contribution in [0.1, 0.15) is 28.4 Å². The number of aryl methyl sites for hydroxylation is 1. The Morgan fingerprint density at radius 3 is 2.36 bits per heavy atom. The number of pyridine rings is 1. The number of hydrogen-bond acceptors (Lipinski definition) is 7. The van der Waals surface area contributed by atoms with E-state index in [0.717, 1.165) is 40.3 Å². The van der Waals surface area contributed by atoms with Crippen molar-refractivity contribution in [2.24, 2.45) is 9.98 Å². The lowest BCUT2D eigenvalue weighted by Gasteiger charge is -2.40. The molecule has 0 unspecified atom stereocenters. The Kier molecular flexibility index (Phi) is 6.45. The molecule has 8 nitrogen and oxygen atoms in total. The largest absolute Gasteiger partial charge is 0.416 e. The zero-order chi connectivity index (χ0) is 30.6. The number of nitrogens with one attached hydrogen (secondary N) is 1. The van der Waals surface area contributed by atoms with Crippen molar-refractivity contribution in [3.63, 3.8) is 0 Å². The molecule has 220 valence electrons. The number of aromatic nitrogens is 3. The molecular weight excluding hydrogens is 565 g/mol. The number of fused-ring (bicyclic) bond motifs is 4. The van der Waals surface area contributed by atoms with Crippen LogP contribution in [0.4, 0.5) is 41.7 Å². The summed E-state index contributed by atoms with van der Waals surface area (Å²) in [7, 11) is 3.98. The minimum Gasteiger partial charge on any atom is -0.378 e. The van der Waals surface area contributed by atoms with E-state index >= 15 is 0 Å². The Labute approximate surface area is 251 Å². The van der Waals surface area contributed by atoms with Crippen LogP contribution < -0.4 is 15.1 Å². The quantitative estimate of drug-likeness (QED) is 0.235. The predicted molar refractivity (Wildman–Crippen MR) is 167 cm³/mol. The van der Waals surface area contributed by atoms with Gasteiger partial charge in [-0.25, -0.2) is 15.0 Å². The van der Waals surface area contributed by atoms with Gasteiger partial charge in [0, 0.05) is 37.2 Å². The molecule has 0 aliphatic carbocycles. The summed E-state index contributed by atoms with van der Waals surface area (Å²) < 4.78 is 42.5. The standard InChI is InChI=1S/C33H27F3N8/c1-20-28-29(21-14-16-24(17-15-21)42(2)3)43-26-12-5-4-11-25(26)39-30(38-23-10-8-9-22(19-23)33(34,35)36)32(43)40-31(28)44(41-20)27-13-6-7-18-37-27/h4-19,29H,1-3H3,(H,38,39)/t29-/m1/s1. The average molecular weight is 593 g/mol. The molecule has 11 heteroatoms. The molecule has 1 atom stereocenters. The fraction of sp³-hybridized carbons (Fsp3) is 0.152. The van der Waals surface area contributed by atoms with Gasteiger partial charge in [-0.2, -0.15) is 23.0 Å². The van der Waals surface area contributed by atoms with Gasteiger partial charge in [0.2, 0.25) is 0 Å². The fourth-order valence-electron chi connectivity index (χ4n) is 5.62. The van der Waals surface area contributed by atoms with Crippen molar-refractivity contribution in [2.75, 3.05) is 29.2 Å². The molecule has 0 saturated carbocycles. The Hall–Kier alpha value is -5.45. The second-order valence-corrected chi connectivity index (χ2v) is 10.8. The van der Waals surface area contributed by atoms with Crippen LogP contribution in [0, 0.1) is 6.92 Å². The Morgan fingerprint density at radius 2 is 1.64 bits per heavy atom. The second-order valence-electron chi connectivity index (χ2n) is 10.8. The lowest BCUT2D eigenvalue weighted by atomic mass is 9.93. The van der Waals surface area contributed by atoms with Gasteiger partial charge in [0.25, 0.3) is 0 Å². The molecule has 0 spiro atoms. The Bertz CT molecular complexity index is 1930. The van der Waals surface area contributed by atoms with Crippen LogP contribution in [-0.4, -0.2) is 40.5 Å². The highest BCUT2D eigenvalue weighted by molar-refractivity contribution is 6.51. The highest BCUT2D eigenvalue weighted by Gasteiger charge is 2.41. The predicted octanol–water partition coefficient (Wildman–Crippen LogP) is 7.46. The third kappa shape index (κ3) is 4.66. The summed E-state index contributed by atoms with van der Waals surface area (Å²) in [6.45, 7) is 1.95. The molecule has 2 aliphatic heterocycles. The van der Waals surface area contributed by atoms with Crippen molar-refractivity contribution in [1.82, 2.24) is 14.8 Å². The maximum Gasteiger partial charge on any atom is 0.416 e. The monoisotopic (exact) mass is 592 g/mol. The van der Waals surface area contributed by atoms with Gasteiger partial charge < -0.3 is 15.1 Å².